The molecule has 0 spiro atoms. The van der Waals surface area contributed by atoms with E-state index in [1.165, 1.54) is 0 Å². The zero-order valence-electron chi connectivity index (χ0n) is 11.0. The molecule has 0 radical (unpaired) electrons. The summed E-state index contributed by atoms with van der Waals surface area (Å²) in [5.74, 6) is 0. The molecule has 0 saturated heterocycles. The van der Waals surface area contributed by atoms with Crippen molar-refractivity contribution in [1.29, 1.82) is 5.26 Å². The first-order valence-corrected chi connectivity index (χ1v) is 5.80. The van der Waals surface area contributed by atoms with Gasteiger partial charge >= 0.3 is 0 Å². The number of nitriles is 1. The predicted octanol–water partition coefficient (Wildman–Crippen LogP) is 1.71. The Morgan fingerprint density at radius 1 is 1.38 bits per heavy atom. The van der Waals surface area contributed by atoms with Crippen LogP contribution in [0, 0.1) is 11.3 Å². The fourth-order valence-electron chi connectivity index (χ4n) is 1.55. The van der Waals surface area contributed by atoms with Gasteiger partial charge in [0.25, 0.3) is 0 Å². The molecule has 0 rings (SSSR count). The summed E-state index contributed by atoms with van der Waals surface area (Å²) < 4.78 is 11.0. The van der Waals surface area contributed by atoms with Crippen LogP contribution >= 0.6 is 0 Å². The minimum Gasteiger partial charge on any atom is -0.379 e. The van der Waals surface area contributed by atoms with Gasteiger partial charge < -0.3 is 14.8 Å². The Morgan fingerprint density at radius 2 is 2.00 bits per heavy atom. The van der Waals surface area contributed by atoms with Crippen molar-refractivity contribution in [3.05, 3.63) is 0 Å². The molecule has 0 fully saturated rings. The summed E-state index contributed by atoms with van der Waals surface area (Å²) in [6.45, 7) is 9.10. The van der Waals surface area contributed by atoms with E-state index in [2.05, 4.69) is 11.4 Å². The van der Waals surface area contributed by atoms with Crippen LogP contribution in [0.1, 0.15) is 34.1 Å². The highest BCUT2D eigenvalue weighted by Gasteiger charge is 2.25. The molecule has 3 unspecified atom stereocenters. The molecule has 0 heterocycles. The Kier molecular flexibility index (Phi) is 7.31. The Hall–Kier alpha value is -0.630. The van der Waals surface area contributed by atoms with Crippen LogP contribution < -0.4 is 5.32 Å². The smallest absolute Gasteiger partial charge is 0.106 e. The van der Waals surface area contributed by atoms with E-state index in [9.17, 15) is 0 Å². The van der Waals surface area contributed by atoms with Crippen molar-refractivity contribution in [1.82, 2.24) is 5.32 Å². The van der Waals surface area contributed by atoms with Crippen LogP contribution in [0.2, 0.25) is 0 Å². The van der Waals surface area contributed by atoms with E-state index in [1.807, 2.05) is 27.7 Å². The molecule has 16 heavy (non-hydrogen) atoms. The minimum absolute atomic E-state index is 0.0348. The summed E-state index contributed by atoms with van der Waals surface area (Å²) in [7, 11) is 1.79. The van der Waals surface area contributed by atoms with Gasteiger partial charge in [0.15, 0.2) is 0 Å². The Balaban J connectivity index is 3.98. The molecule has 0 amide bonds. The summed E-state index contributed by atoms with van der Waals surface area (Å²) in [6, 6.07) is 2.25. The molecule has 0 aromatic rings. The van der Waals surface area contributed by atoms with Crippen molar-refractivity contribution < 1.29 is 9.47 Å². The summed E-state index contributed by atoms with van der Waals surface area (Å²) in [5.41, 5.74) is -0.523. The Labute approximate surface area is 98.9 Å². The van der Waals surface area contributed by atoms with Gasteiger partial charge in [-0.25, -0.2) is 0 Å². The van der Waals surface area contributed by atoms with E-state index in [4.69, 9.17) is 14.7 Å². The van der Waals surface area contributed by atoms with Gasteiger partial charge in [-0.15, -0.1) is 0 Å². The zero-order chi connectivity index (χ0) is 12.6. The van der Waals surface area contributed by atoms with Gasteiger partial charge in [0.05, 0.1) is 24.9 Å². The first-order valence-electron chi connectivity index (χ1n) is 5.80. The molecule has 3 atom stereocenters. The first-order chi connectivity index (χ1) is 7.47. The molecule has 0 aromatic heterocycles. The van der Waals surface area contributed by atoms with Crippen LogP contribution in [0.4, 0.5) is 0 Å². The van der Waals surface area contributed by atoms with Crippen molar-refractivity contribution in [2.24, 2.45) is 0 Å². The first kappa shape index (κ1) is 15.4. The SMILES string of the molecule is CCOCC(C)OC(C)CC(C)(C#N)NC. The Morgan fingerprint density at radius 3 is 2.44 bits per heavy atom. The number of ether oxygens (including phenoxy) is 2. The van der Waals surface area contributed by atoms with Crippen LogP contribution in [0.15, 0.2) is 0 Å². The van der Waals surface area contributed by atoms with E-state index >= 15 is 0 Å². The molecule has 0 bridgehead atoms. The standard InChI is InChI=1S/C12H24N2O2/c1-6-15-8-11(3)16-10(2)7-12(4,9-13)14-5/h10-11,14H,6-8H2,1-5H3. The lowest BCUT2D eigenvalue weighted by Gasteiger charge is -2.26. The number of nitrogens with zero attached hydrogens (tertiary/aromatic N) is 1. The fraction of sp³-hybridized carbons (Fsp3) is 0.917. The van der Waals surface area contributed by atoms with Gasteiger partial charge in [0.2, 0.25) is 0 Å². The van der Waals surface area contributed by atoms with Crippen molar-refractivity contribution in [3.63, 3.8) is 0 Å². The molecule has 4 heteroatoms. The van der Waals surface area contributed by atoms with E-state index in [0.29, 0.717) is 19.6 Å². The second-order valence-electron chi connectivity index (χ2n) is 4.31. The second-order valence-corrected chi connectivity index (χ2v) is 4.31. The maximum Gasteiger partial charge on any atom is 0.106 e. The topological polar surface area (TPSA) is 54.3 Å². The number of hydrogen-bond acceptors (Lipinski definition) is 4. The molecule has 4 nitrogen and oxygen atoms in total. The van der Waals surface area contributed by atoms with E-state index in [1.54, 1.807) is 7.05 Å². The lowest BCUT2D eigenvalue weighted by molar-refractivity contribution is -0.0467. The van der Waals surface area contributed by atoms with Gasteiger partial charge in [-0.2, -0.15) is 5.26 Å². The molecule has 94 valence electrons. The summed E-state index contributed by atoms with van der Waals surface area (Å²) >= 11 is 0. The summed E-state index contributed by atoms with van der Waals surface area (Å²) in [4.78, 5) is 0. The maximum absolute atomic E-state index is 9.02. The van der Waals surface area contributed by atoms with Gasteiger partial charge in [-0.05, 0) is 34.7 Å². The van der Waals surface area contributed by atoms with Crippen LogP contribution in [0.5, 0.6) is 0 Å². The summed E-state index contributed by atoms with van der Waals surface area (Å²) in [5, 5.41) is 12.0. The molecule has 0 aromatic carbocycles. The van der Waals surface area contributed by atoms with E-state index in [-0.39, 0.29) is 12.2 Å². The molecular formula is C12H24N2O2. The fourth-order valence-corrected chi connectivity index (χ4v) is 1.55. The van der Waals surface area contributed by atoms with Crippen molar-refractivity contribution in [2.75, 3.05) is 20.3 Å². The molecule has 0 aliphatic heterocycles. The largest absolute Gasteiger partial charge is 0.379 e. The zero-order valence-corrected chi connectivity index (χ0v) is 11.0. The van der Waals surface area contributed by atoms with Gasteiger partial charge in [-0.1, -0.05) is 0 Å². The van der Waals surface area contributed by atoms with Gasteiger partial charge in [0, 0.05) is 13.0 Å². The predicted molar refractivity (Wildman–Crippen MR) is 64.2 cm³/mol. The number of hydrogen-bond donors (Lipinski definition) is 1. The quantitative estimate of drug-likeness (QED) is 0.687. The highest BCUT2D eigenvalue weighted by molar-refractivity contribution is 5.03. The van der Waals surface area contributed by atoms with Gasteiger partial charge in [0.1, 0.15) is 5.54 Å². The van der Waals surface area contributed by atoms with Crippen LogP contribution in [-0.2, 0) is 9.47 Å². The molecule has 0 aliphatic carbocycles. The second kappa shape index (κ2) is 7.61. The normalized spacial score (nSPS) is 18.5. The molecular weight excluding hydrogens is 204 g/mol. The Bertz CT molecular complexity index is 228. The third kappa shape index (κ3) is 6.06. The summed E-state index contributed by atoms with van der Waals surface area (Å²) in [6.07, 6.45) is 0.763. The van der Waals surface area contributed by atoms with Crippen molar-refractivity contribution >= 4 is 0 Å². The molecule has 0 aliphatic rings. The highest BCUT2D eigenvalue weighted by atomic mass is 16.5. The lowest BCUT2D eigenvalue weighted by atomic mass is 9.97. The van der Waals surface area contributed by atoms with Crippen molar-refractivity contribution in [2.45, 2.75) is 51.9 Å². The third-order valence-electron chi connectivity index (χ3n) is 2.52. The van der Waals surface area contributed by atoms with Crippen molar-refractivity contribution in [3.8, 4) is 6.07 Å². The molecule has 1 N–H and O–H groups in total. The monoisotopic (exact) mass is 228 g/mol. The lowest BCUT2D eigenvalue weighted by Crippen LogP contribution is -2.42. The number of rotatable bonds is 8. The average molecular weight is 228 g/mol. The van der Waals surface area contributed by atoms with Crippen LogP contribution in [0.25, 0.3) is 0 Å². The van der Waals surface area contributed by atoms with E-state index < -0.39 is 5.54 Å². The minimum atomic E-state index is -0.523. The maximum atomic E-state index is 9.02. The highest BCUT2D eigenvalue weighted by Crippen LogP contribution is 2.14. The van der Waals surface area contributed by atoms with Crippen LogP contribution in [0.3, 0.4) is 0 Å². The van der Waals surface area contributed by atoms with Crippen LogP contribution in [-0.4, -0.2) is 38.0 Å². The average Bonchev–Trinajstić information content (AvgIpc) is 2.25. The van der Waals surface area contributed by atoms with Gasteiger partial charge in [-0.3, -0.25) is 0 Å². The number of nitrogens with one attached hydrogen (secondary N) is 1. The third-order valence-corrected chi connectivity index (χ3v) is 2.52. The van der Waals surface area contributed by atoms with E-state index in [0.717, 1.165) is 0 Å². The molecule has 0 saturated carbocycles.